The van der Waals surface area contributed by atoms with E-state index in [0.717, 1.165) is 6.07 Å². The molecule has 2 aromatic carbocycles. The largest absolute Gasteiger partial charge is 0.457 e. The molecular formula is C16H15F3O2. The van der Waals surface area contributed by atoms with E-state index in [9.17, 15) is 18.3 Å². The first-order chi connectivity index (χ1) is 9.91. The van der Waals surface area contributed by atoms with Crippen molar-refractivity contribution in [2.75, 3.05) is 0 Å². The van der Waals surface area contributed by atoms with Crippen LogP contribution >= 0.6 is 0 Å². The van der Waals surface area contributed by atoms with Gasteiger partial charge in [0.25, 0.3) is 0 Å². The predicted octanol–water partition coefficient (Wildman–Crippen LogP) is 4.94. The van der Waals surface area contributed by atoms with Crippen LogP contribution in [0.2, 0.25) is 0 Å². The number of halogens is 3. The first kappa shape index (κ1) is 15.4. The molecule has 0 aliphatic heterocycles. The highest BCUT2D eigenvalue weighted by Crippen LogP contribution is 2.37. The molecule has 0 saturated heterocycles. The molecule has 2 aromatic rings. The van der Waals surface area contributed by atoms with Gasteiger partial charge in [-0.15, -0.1) is 0 Å². The van der Waals surface area contributed by atoms with Crippen LogP contribution in [0.25, 0.3) is 0 Å². The van der Waals surface area contributed by atoms with Gasteiger partial charge >= 0.3 is 6.18 Å². The van der Waals surface area contributed by atoms with Crippen molar-refractivity contribution in [3.63, 3.8) is 0 Å². The molecule has 21 heavy (non-hydrogen) atoms. The van der Waals surface area contributed by atoms with E-state index in [1.54, 1.807) is 24.3 Å². The summed E-state index contributed by atoms with van der Waals surface area (Å²) in [5.74, 6) is 0.0487. The van der Waals surface area contributed by atoms with Gasteiger partial charge in [-0.3, -0.25) is 0 Å². The predicted molar refractivity (Wildman–Crippen MR) is 73.2 cm³/mol. The summed E-state index contributed by atoms with van der Waals surface area (Å²) in [5.41, 5.74) is -0.114. The molecule has 0 aliphatic carbocycles. The molecule has 112 valence electrons. The average Bonchev–Trinajstić information content (AvgIpc) is 2.47. The van der Waals surface area contributed by atoms with E-state index in [0.29, 0.717) is 17.7 Å². The standard InChI is InChI=1S/C16H15F3O2/c1-2-14(20)11-7-9-12(10-8-11)21-15-6-4-3-5-13(15)16(17,18)19/h3-10,14,20H,2H2,1H3. The summed E-state index contributed by atoms with van der Waals surface area (Å²) in [6, 6.07) is 11.4. The summed E-state index contributed by atoms with van der Waals surface area (Å²) in [6.45, 7) is 1.84. The third kappa shape index (κ3) is 3.76. The molecule has 1 atom stereocenters. The lowest BCUT2D eigenvalue weighted by atomic mass is 10.1. The minimum atomic E-state index is -4.46. The van der Waals surface area contributed by atoms with Crippen LogP contribution in [0.5, 0.6) is 11.5 Å². The Hall–Kier alpha value is -2.01. The number of para-hydroxylation sites is 1. The molecule has 0 aromatic heterocycles. The summed E-state index contributed by atoms with van der Waals surface area (Å²) < 4.78 is 43.9. The third-order valence-corrected chi connectivity index (χ3v) is 3.07. The maximum atomic E-state index is 12.9. The lowest BCUT2D eigenvalue weighted by Crippen LogP contribution is -2.06. The second-order valence-corrected chi connectivity index (χ2v) is 4.59. The van der Waals surface area contributed by atoms with Crippen LogP contribution in [-0.2, 0) is 6.18 Å². The van der Waals surface area contributed by atoms with Gasteiger partial charge in [0, 0.05) is 0 Å². The molecule has 0 amide bonds. The summed E-state index contributed by atoms with van der Waals surface area (Å²) in [7, 11) is 0. The minimum absolute atomic E-state index is 0.242. The van der Waals surface area contributed by atoms with Gasteiger partial charge in [0.1, 0.15) is 11.5 Å². The van der Waals surface area contributed by atoms with Gasteiger partial charge in [0.15, 0.2) is 0 Å². The Bertz CT molecular complexity index is 591. The van der Waals surface area contributed by atoms with Gasteiger partial charge in [-0.25, -0.2) is 0 Å². The zero-order valence-corrected chi connectivity index (χ0v) is 11.4. The first-order valence-electron chi connectivity index (χ1n) is 6.54. The zero-order valence-electron chi connectivity index (χ0n) is 11.4. The lowest BCUT2D eigenvalue weighted by molar-refractivity contribution is -0.138. The fraction of sp³-hybridized carbons (Fsp3) is 0.250. The quantitative estimate of drug-likeness (QED) is 0.865. The van der Waals surface area contributed by atoms with Crippen molar-refractivity contribution in [2.45, 2.75) is 25.6 Å². The second kappa shape index (κ2) is 6.18. The Morgan fingerprint density at radius 2 is 1.67 bits per heavy atom. The highest BCUT2D eigenvalue weighted by molar-refractivity contribution is 5.40. The number of benzene rings is 2. The van der Waals surface area contributed by atoms with E-state index in [4.69, 9.17) is 4.74 Å². The molecule has 2 nitrogen and oxygen atoms in total. The molecule has 0 heterocycles. The minimum Gasteiger partial charge on any atom is -0.457 e. The average molecular weight is 296 g/mol. The number of ether oxygens (including phenoxy) is 1. The van der Waals surface area contributed by atoms with Crippen molar-refractivity contribution in [3.8, 4) is 11.5 Å². The number of rotatable bonds is 4. The van der Waals surface area contributed by atoms with Crippen LogP contribution < -0.4 is 4.74 Å². The van der Waals surface area contributed by atoms with Crippen LogP contribution in [0, 0.1) is 0 Å². The molecule has 0 bridgehead atoms. The summed E-state index contributed by atoms with van der Waals surface area (Å²) >= 11 is 0. The van der Waals surface area contributed by atoms with Crippen molar-refractivity contribution in [2.24, 2.45) is 0 Å². The van der Waals surface area contributed by atoms with Crippen LogP contribution in [0.15, 0.2) is 48.5 Å². The Kier molecular flexibility index (Phi) is 4.53. The Labute approximate surface area is 120 Å². The summed E-state index contributed by atoms with van der Waals surface area (Å²) in [5, 5.41) is 9.67. The van der Waals surface area contributed by atoms with E-state index in [-0.39, 0.29) is 5.75 Å². The second-order valence-electron chi connectivity index (χ2n) is 4.59. The van der Waals surface area contributed by atoms with Crippen LogP contribution in [-0.4, -0.2) is 5.11 Å². The van der Waals surface area contributed by atoms with E-state index in [1.807, 2.05) is 6.92 Å². The molecular weight excluding hydrogens is 281 g/mol. The number of aliphatic hydroxyl groups excluding tert-OH is 1. The van der Waals surface area contributed by atoms with E-state index in [1.165, 1.54) is 18.2 Å². The van der Waals surface area contributed by atoms with Crippen molar-refractivity contribution >= 4 is 0 Å². The van der Waals surface area contributed by atoms with Crippen LogP contribution in [0.1, 0.15) is 30.6 Å². The molecule has 0 saturated carbocycles. The number of aliphatic hydroxyl groups is 1. The fourth-order valence-corrected chi connectivity index (χ4v) is 1.91. The number of alkyl halides is 3. The third-order valence-electron chi connectivity index (χ3n) is 3.07. The van der Waals surface area contributed by atoms with Crippen molar-refractivity contribution in [1.29, 1.82) is 0 Å². The van der Waals surface area contributed by atoms with E-state index >= 15 is 0 Å². The smallest absolute Gasteiger partial charge is 0.419 e. The van der Waals surface area contributed by atoms with Gasteiger partial charge in [0.2, 0.25) is 0 Å². The lowest BCUT2D eigenvalue weighted by Gasteiger charge is -2.14. The van der Waals surface area contributed by atoms with Gasteiger partial charge in [-0.1, -0.05) is 31.2 Å². The fourth-order valence-electron chi connectivity index (χ4n) is 1.91. The van der Waals surface area contributed by atoms with Gasteiger partial charge in [0.05, 0.1) is 11.7 Å². The molecule has 1 unspecified atom stereocenters. The molecule has 1 N–H and O–H groups in total. The number of hydrogen-bond acceptors (Lipinski definition) is 2. The monoisotopic (exact) mass is 296 g/mol. The van der Waals surface area contributed by atoms with Crippen LogP contribution in [0.4, 0.5) is 13.2 Å². The van der Waals surface area contributed by atoms with Crippen molar-refractivity contribution < 1.29 is 23.0 Å². The normalized spacial score (nSPS) is 13.0. The van der Waals surface area contributed by atoms with Crippen LogP contribution in [0.3, 0.4) is 0 Å². The molecule has 0 aliphatic rings. The molecule has 0 spiro atoms. The molecule has 0 fully saturated rings. The van der Waals surface area contributed by atoms with Gasteiger partial charge in [-0.2, -0.15) is 13.2 Å². The van der Waals surface area contributed by atoms with Crippen molar-refractivity contribution in [1.82, 2.24) is 0 Å². The molecule has 2 rings (SSSR count). The topological polar surface area (TPSA) is 29.5 Å². The summed E-state index contributed by atoms with van der Waals surface area (Å²) in [6.07, 6.45) is -4.48. The van der Waals surface area contributed by atoms with E-state index < -0.39 is 17.8 Å². The Morgan fingerprint density at radius 1 is 1.05 bits per heavy atom. The number of hydrogen-bond donors (Lipinski definition) is 1. The highest BCUT2D eigenvalue weighted by atomic mass is 19.4. The van der Waals surface area contributed by atoms with Crippen molar-refractivity contribution in [3.05, 3.63) is 59.7 Å². The summed E-state index contributed by atoms with van der Waals surface area (Å²) in [4.78, 5) is 0. The first-order valence-corrected chi connectivity index (χ1v) is 6.54. The maximum Gasteiger partial charge on any atom is 0.419 e. The van der Waals surface area contributed by atoms with Gasteiger partial charge in [-0.05, 0) is 36.2 Å². The van der Waals surface area contributed by atoms with E-state index in [2.05, 4.69) is 0 Å². The van der Waals surface area contributed by atoms with Gasteiger partial charge < -0.3 is 9.84 Å². The SMILES string of the molecule is CCC(O)c1ccc(Oc2ccccc2C(F)(F)F)cc1. The highest BCUT2D eigenvalue weighted by Gasteiger charge is 2.34. The Morgan fingerprint density at radius 3 is 2.24 bits per heavy atom. The maximum absolute atomic E-state index is 12.9. The Balaban J connectivity index is 2.23. The molecule has 0 radical (unpaired) electrons. The molecule has 5 heteroatoms. The zero-order chi connectivity index (χ0) is 15.5.